The number of sulfonamides is 1. The van der Waals surface area contributed by atoms with Crippen molar-refractivity contribution in [1.82, 2.24) is 14.2 Å². The van der Waals surface area contributed by atoms with E-state index < -0.39 is 28.7 Å². The van der Waals surface area contributed by atoms with Crippen LogP contribution in [0.1, 0.15) is 46.0 Å². The number of nitrogens with zero attached hydrogens (tertiary/aromatic N) is 3. The maximum absolute atomic E-state index is 14.0. The van der Waals surface area contributed by atoms with E-state index in [-0.39, 0.29) is 52.4 Å². The number of alkyl halides is 2. The van der Waals surface area contributed by atoms with Crippen molar-refractivity contribution >= 4 is 39.2 Å². The van der Waals surface area contributed by atoms with Gasteiger partial charge in [0.05, 0.1) is 43.2 Å². The van der Waals surface area contributed by atoms with E-state index in [4.69, 9.17) is 46.9 Å². The minimum Gasteiger partial charge on any atom is -0.496 e. The lowest BCUT2D eigenvalue weighted by Crippen LogP contribution is -2.42. The summed E-state index contributed by atoms with van der Waals surface area (Å²) in [7, 11) is -2.20. The number of carbonyl (C=O) groups is 1. The number of aromatic nitrogens is 1. The summed E-state index contributed by atoms with van der Waals surface area (Å²) in [6, 6.07) is 9.10. The Balaban J connectivity index is 1.43. The van der Waals surface area contributed by atoms with Gasteiger partial charge in [0, 0.05) is 51.5 Å². The fourth-order valence-electron chi connectivity index (χ4n) is 5.42. The highest BCUT2D eigenvalue weighted by molar-refractivity contribution is 7.88. The van der Waals surface area contributed by atoms with E-state index in [2.05, 4.69) is 9.88 Å². The molecule has 1 aliphatic carbocycles. The van der Waals surface area contributed by atoms with E-state index in [0.717, 1.165) is 19.1 Å². The second-order valence-corrected chi connectivity index (χ2v) is 14.9. The summed E-state index contributed by atoms with van der Waals surface area (Å²) in [5.74, 6) is -0.361. The Hall–Kier alpha value is -3.27. The van der Waals surface area contributed by atoms with Crippen molar-refractivity contribution in [2.75, 3.05) is 59.4 Å². The average molecular weight is 759 g/mol. The number of hydrogen-bond acceptors (Lipinski definition) is 10. The van der Waals surface area contributed by atoms with Crippen LogP contribution in [0.2, 0.25) is 10.0 Å². The Morgan fingerprint density at radius 3 is 2.40 bits per heavy atom. The number of halogens is 4. The third-order valence-corrected chi connectivity index (χ3v) is 10.3. The summed E-state index contributed by atoms with van der Waals surface area (Å²) in [5.41, 5.74) is 1.42. The first-order chi connectivity index (χ1) is 23.9. The second-order valence-electron chi connectivity index (χ2n) is 12.1. The summed E-state index contributed by atoms with van der Waals surface area (Å²) < 4.78 is 80.9. The van der Waals surface area contributed by atoms with Gasteiger partial charge in [-0.15, -0.1) is 0 Å². The van der Waals surface area contributed by atoms with Crippen molar-refractivity contribution < 1.29 is 45.7 Å². The predicted octanol–water partition coefficient (Wildman–Crippen LogP) is 6.02. The van der Waals surface area contributed by atoms with E-state index in [1.807, 2.05) is 0 Å². The molecule has 3 aromatic rings. The number of methoxy groups -OCH3 is 1. The molecule has 1 aromatic heterocycles. The molecule has 5 rings (SSSR count). The Bertz CT molecular complexity index is 1720. The lowest BCUT2D eigenvalue weighted by Gasteiger charge is -2.29. The van der Waals surface area contributed by atoms with Crippen LogP contribution in [0.15, 0.2) is 48.8 Å². The lowest BCUT2D eigenvalue weighted by molar-refractivity contribution is -0.0515. The highest BCUT2D eigenvalue weighted by Gasteiger charge is 2.28. The number of benzene rings is 2. The number of pyridine rings is 1. The van der Waals surface area contributed by atoms with Gasteiger partial charge in [-0.1, -0.05) is 35.3 Å². The maximum Gasteiger partial charge on any atom is 0.387 e. The molecule has 2 aliphatic rings. The summed E-state index contributed by atoms with van der Waals surface area (Å²) in [6.45, 7) is 0.616. The number of carbonyl (C=O) groups excluding carboxylic acids is 1. The Morgan fingerprint density at radius 1 is 1.06 bits per heavy atom. The molecular formula is C34H39Cl2F2N3O8S. The molecule has 1 atom stereocenters. The molecule has 1 saturated heterocycles. The smallest absolute Gasteiger partial charge is 0.387 e. The van der Waals surface area contributed by atoms with E-state index in [9.17, 15) is 22.0 Å². The third-order valence-electron chi connectivity index (χ3n) is 8.40. The van der Waals surface area contributed by atoms with Crippen LogP contribution in [0, 0.1) is 5.92 Å². The molecule has 0 N–H and O–H groups in total. The normalized spacial score (nSPS) is 16.0. The quantitative estimate of drug-likeness (QED) is 0.151. The van der Waals surface area contributed by atoms with Gasteiger partial charge in [-0.05, 0) is 59.7 Å². The zero-order chi connectivity index (χ0) is 35.8. The summed E-state index contributed by atoms with van der Waals surface area (Å²) >= 11 is 12.9. The van der Waals surface area contributed by atoms with E-state index >= 15 is 0 Å². The number of hydrogen-bond donors (Lipinski definition) is 0. The molecule has 1 aliphatic heterocycles. The number of rotatable bonds is 17. The van der Waals surface area contributed by atoms with Gasteiger partial charge < -0.3 is 23.7 Å². The van der Waals surface area contributed by atoms with Crippen molar-refractivity contribution in [1.29, 1.82) is 0 Å². The summed E-state index contributed by atoms with van der Waals surface area (Å²) in [6.07, 6.45) is 4.86. The van der Waals surface area contributed by atoms with Crippen LogP contribution in [0.25, 0.3) is 0 Å². The van der Waals surface area contributed by atoms with Crippen LogP contribution >= 0.6 is 23.2 Å². The summed E-state index contributed by atoms with van der Waals surface area (Å²) in [5, 5.41) is 0.470. The van der Waals surface area contributed by atoms with Gasteiger partial charge >= 0.3 is 12.6 Å². The van der Waals surface area contributed by atoms with E-state index in [0.29, 0.717) is 62.1 Å². The largest absolute Gasteiger partial charge is 0.496 e. The number of ether oxygens (including phenoxy) is 5. The lowest BCUT2D eigenvalue weighted by atomic mass is 10.0. The minimum atomic E-state index is -3.60. The molecule has 1 saturated carbocycles. The zero-order valence-corrected chi connectivity index (χ0v) is 30.0. The van der Waals surface area contributed by atoms with Gasteiger partial charge in [-0.25, -0.2) is 13.2 Å². The molecule has 50 heavy (non-hydrogen) atoms. The second kappa shape index (κ2) is 17.3. The topological polar surface area (TPSA) is 117 Å². The first kappa shape index (κ1) is 38.0. The molecule has 272 valence electrons. The molecule has 2 aromatic carbocycles. The number of morpholine rings is 1. The first-order valence-electron chi connectivity index (χ1n) is 16.0. The van der Waals surface area contributed by atoms with Crippen LogP contribution in [0.4, 0.5) is 8.78 Å². The van der Waals surface area contributed by atoms with Crippen LogP contribution in [0.5, 0.6) is 17.2 Å². The third kappa shape index (κ3) is 10.6. The highest BCUT2D eigenvalue weighted by atomic mass is 35.5. The van der Waals surface area contributed by atoms with Gasteiger partial charge in [0.25, 0.3) is 0 Å². The van der Waals surface area contributed by atoms with Crippen molar-refractivity contribution in [3.05, 3.63) is 81.1 Å². The van der Waals surface area contributed by atoms with Gasteiger partial charge in [-0.2, -0.15) is 13.1 Å². The molecule has 11 nitrogen and oxygen atoms in total. The van der Waals surface area contributed by atoms with Gasteiger partial charge in [0.2, 0.25) is 10.0 Å². The van der Waals surface area contributed by atoms with Crippen molar-refractivity contribution in [3.8, 4) is 17.2 Å². The Labute approximate surface area is 300 Å². The SMILES string of the molecule is COc1ccc(CN(CCN2CCOCC2)S(C)(=O)=O)cc1C(=O)O[C@@H](Cc1c(Cl)cncc1Cl)c1ccc(OC(F)F)c(OCC2CC2)c1. The van der Waals surface area contributed by atoms with Gasteiger partial charge in [0.15, 0.2) is 11.5 Å². The van der Waals surface area contributed by atoms with Crippen LogP contribution in [-0.2, 0) is 32.5 Å². The van der Waals surface area contributed by atoms with Crippen LogP contribution in [0.3, 0.4) is 0 Å². The molecule has 0 spiro atoms. The van der Waals surface area contributed by atoms with Crippen molar-refractivity contribution in [2.24, 2.45) is 5.92 Å². The monoisotopic (exact) mass is 757 g/mol. The van der Waals surface area contributed by atoms with Crippen molar-refractivity contribution in [2.45, 2.75) is 38.5 Å². The standard InChI is InChI=1S/C34H39Cl2F2N3O8S/c1-45-29-7-5-23(20-41(50(2,43)44)10-9-40-11-13-46-14-12-40)15-26(29)33(42)48-31(17-25-27(35)18-39-19-28(25)36)24-6-8-30(49-34(37)38)32(16-24)47-21-22-3-4-22/h5-8,15-16,18-19,22,31,34H,3-4,9-14,17,20-21H2,1-2H3/t31-/m0/s1. The first-order valence-corrected chi connectivity index (χ1v) is 18.6. The molecule has 0 amide bonds. The zero-order valence-electron chi connectivity index (χ0n) is 27.7. The summed E-state index contributed by atoms with van der Waals surface area (Å²) in [4.78, 5) is 20.1. The van der Waals surface area contributed by atoms with Crippen LogP contribution in [-0.4, -0.2) is 94.6 Å². The molecule has 0 radical (unpaired) electrons. The molecule has 0 bridgehead atoms. The minimum absolute atomic E-state index is 0.00551. The molecule has 0 unspecified atom stereocenters. The van der Waals surface area contributed by atoms with Gasteiger partial charge in [0.1, 0.15) is 17.4 Å². The molecule has 2 fully saturated rings. The van der Waals surface area contributed by atoms with E-state index in [1.165, 1.54) is 48.1 Å². The molecular weight excluding hydrogens is 719 g/mol. The Morgan fingerprint density at radius 2 is 1.76 bits per heavy atom. The maximum atomic E-state index is 14.0. The van der Waals surface area contributed by atoms with Gasteiger partial charge in [-0.3, -0.25) is 9.88 Å². The molecule has 2 heterocycles. The van der Waals surface area contributed by atoms with Crippen molar-refractivity contribution in [3.63, 3.8) is 0 Å². The van der Waals surface area contributed by atoms with E-state index in [1.54, 1.807) is 12.1 Å². The average Bonchev–Trinajstić information content (AvgIpc) is 3.91. The van der Waals surface area contributed by atoms with Crippen LogP contribution < -0.4 is 14.2 Å². The Kier molecular flexibility index (Phi) is 13.1. The number of esters is 1. The fraction of sp³-hybridized carbons (Fsp3) is 0.471. The highest BCUT2D eigenvalue weighted by Crippen LogP contribution is 2.38. The fourth-order valence-corrected chi connectivity index (χ4v) is 6.73. The predicted molar refractivity (Wildman–Crippen MR) is 183 cm³/mol. The molecule has 16 heteroatoms.